The first-order valence-electron chi connectivity index (χ1n) is 5.62. The van der Waals surface area contributed by atoms with Gasteiger partial charge in [-0.3, -0.25) is 4.79 Å². The number of nitrogens with one attached hydrogen (secondary N) is 1. The van der Waals surface area contributed by atoms with E-state index < -0.39 is 35.2 Å². The molecule has 1 aromatic carbocycles. The number of halogens is 3. The van der Waals surface area contributed by atoms with Gasteiger partial charge in [-0.2, -0.15) is 13.2 Å². The monoisotopic (exact) mass is 323 g/mol. The van der Waals surface area contributed by atoms with E-state index in [0.717, 1.165) is 6.07 Å². The fraction of sp³-hybridized carbons (Fsp3) is 0.333. The van der Waals surface area contributed by atoms with Crippen molar-refractivity contribution < 1.29 is 32.6 Å². The average Bonchev–Trinajstić information content (AvgIpc) is 2.36. The van der Waals surface area contributed by atoms with Crippen LogP contribution in [0.4, 0.5) is 13.2 Å². The zero-order valence-corrected chi connectivity index (χ0v) is 11.6. The molecule has 1 aromatic rings. The molecule has 0 aliphatic carbocycles. The first-order valence-corrected chi connectivity index (χ1v) is 6.43. The molecule has 1 unspecified atom stereocenters. The maximum absolute atomic E-state index is 12.4. The number of methoxy groups -OCH3 is 1. The van der Waals surface area contributed by atoms with E-state index in [-0.39, 0.29) is 17.1 Å². The Hall–Kier alpha value is -1.74. The molecule has 2 N–H and O–H groups in total. The van der Waals surface area contributed by atoms with Crippen LogP contribution in [-0.4, -0.2) is 42.2 Å². The van der Waals surface area contributed by atoms with Gasteiger partial charge in [0, 0.05) is 12.0 Å². The van der Waals surface area contributed by atoms with E-state index in [2.05, 4.69) is 10.1 Å². The maximum Gasteiger partial charge on any atom is 0.446 e. The Morgan fingerprint density at radius 3 is 2.52 bits per heavy atom. The molecule has 0 saturated heterocycles. The van der Waals surface area contributed by atoms with Gasteiger partial charge in [0.2, 0.25) is 0 Å². The minimum atomic E-state index is -4.55. The van der Waals surface area contributed by atoms with E-state index in [0.29, 0.717) is 0 Å². The van der Waals surface area contributed by atoms with Crippen LogP contribution >= 0.6 is 11.8 Å². The SMILES string of the molecule is COCC(NC(=O)c1ccccc1SC(F)(F)F)C(=O)O. The van der Waals surface area contributed by atoms with E-state index in [1.54, 1.807) is 0 Å². The Morgan fingerprint density at radius 1 is 1.38 bits per heavy atom. The van der Waals surface area contributed by atoms with Gasteiger partial charge in [0.05, 0.1) is 12.2 Å². The molecule has 0 radical (unpaired) electrons. The van der Waals surface area contributed by atoms with Crippen LogP contribution < -0.4 is 5.32 Å². The molecule has 21 heavy (non-hydrogen) atoms. The van der Waals surface area contributed by atoms with Crippen molar-refractivity contribution in [2.24, 2.45) is 0 Å². The molecule has 0 aliphatic heterocycles. The van der Waals surface area contributed by atoms with Gasteiger partial charge in [0.25, 0.3) is 5.91 Å². The zero-order valence-electron chi connectivity index (χ0n) is 10.8. The number of amides is 1. The number of thioether (sulfide) groups is 1. The average molecular weight is 323 g/mol. The summed E-state index contributed by atoms with van der Waals surface area (Å²) in [6, 6.07) is 3.73. The van der Waals surface area contributed by atoms with E-state index >= 15 is 0 Å². The van der Waals surface area contributed by atoms with Crippen LogP contribution in [0.5, 0.6) is 0 Å². The van der Waals surface area contributed by atoms with Crippen molar-refractivity contribution in [2.75, 3.05) is 13.7 Å². The van der Waals surface area contributed by atoms with Crippen LogP contribution in [0.25, 0.3) is 0 Å². The van der Waals surface area contributed by atoms with Crippen molar-refractivity contribution in [1.82, 2.24) is 5.32 Å². The number of aliphatic carboxylic acids is 1. The highest BCUT2D eigenvalue weighted by molar-refractivity contribution is 8.00. The van der Waals surface area contributed by atoms with Crippen molar-refractivity contribution >= 4 is 23.6 Å². The second-order valence-electron chi connectivity index (χ2n) is 3.86. The molecule has 0 aromatic heterocycles. The van der Waals surface area contributed by atoms with Crippen LogP contribution in [0.15, 0.2) is 29.2 Å². The van der Waals surface area contributed by atoms with Crippen molar-refractivity contribution in [2.45, 2.75) is 16.4 Å². The van der Waals surface area contributed by atoms with Crippen LogP contribution in [0.2, 0.25) is 0 Å². The van der Waals surface area contributed by atoms with E-state index in [9.17, 15) is 22.8 Å². The summed E-state index contributed by atoms with van der Waals surface area (Å²) in [5.41, 5.74) is -4.79. The number of ether oxygens (including phenoxy) is 1. The summed E-state index contributed by atoms with van der Waals surface area (Å²) in [5.74, 6) is -2.25. The quantitative estimate of drug-likeness (QED) is 0.785. The molecule has 9 heteroatoms. The molecular weight excluding hydrogens is 311 g/mol. The number of benzene rings is 1. The van der Waals surface area contributed by atoms with Gasteiger partial charge >= 0.3 is 11.5 Å². The lowest BCUT2D eigenvalue weighted by molar-refractivity contribution is -0.140. The Kier molecular flexibility index (Phi) is 6.03. The molecule has 1 amide bonds. The highest BCUT2D eigenvalue weighted by Gasteiger charge is 2.31. The van der Waals surface area contributed by atoms with Gasteiger partial charge in [-0.1, -0.05) is 12.1 Å². The van der Waals surface area contributed by atoms with Crippen molar-refractivity contribution in [3.63, 3.8) is 0 Å². The Bertz CT molecular complexity index is 521. The van der Waals surface area contributed by atoms with Gasteiger partial charge in [0.15, 0.2) is 6.04 Å². The fourth-order valence-electron chi connectivity index (χ4n) is 1.45. The standard InChI is InChI=1S/C12H12F3NO4S/c1-20-6-8(11(18)19)16-10(17)7-4-2-3-5-9(7)21-12(13,14)15/h2-5,8H,6H2,1H3,(H,16,17)(H,18,19). The van der Waals surface area contributed by atoms with Crippen molar-refractivity contribution in [3.05, 3.63) is 29.8 Å². The van der Waals surface area contributed by atoms with Crippen molar-refractivity contribution in [3.8, 4) is 0 Å². The first kappa shape index (κ1) is 17.3. The van der Waals surface area contributed by atoms with Gasteiger partial charge in [-0.05, 0) is 23.9 Å². The zero-order chi connectivity index (χ0) is 16.0. The summed E-state index contributed by atoms with van der Waals surface area (Å²) in [6.45, 7) is -0.296. The largest absolute Gasteiger partial charge is 0.480 e. The summed E-state index contributed by atoms with van der Waals surface area (Å²) in [5, 5.41) is 11.0. The van der Waals surface area contributed by atoms with Gasteiger partial charge in [-0.15, -0.1) is 0 Å². The molecule has 5 nitrogen and oxygen atoms in total. The number of hydrogen-bond donors (Lipinski definition) is 2. The van der Waals surface area contributed by atoms with E-state index in [1.165, 1.54) is 25.3 Å². The lowest BCUT2D eigenvalue weighted by atomic mass is 10.2. The van der Waals surface area contributed by atoms with Gasteiger partial charge in [-0.25, -0.2) is 4.79 Å². The number of carboxylic acids is 1. The molecular formula is C12H12F3NO4S. The third-order valence-electron chi connectivity index (χ3n) is 2.29. The van der Waals surface area contributed by atoms with Crippen LogP contribution in [-0.2, 0) is 9.53 Å². The normalized spacial score (nSPS) is 12.8. The summed E-state index contributed by atoms with van der Waals surface area (Å²) >= 11 is -0.435. The minimum Gasteiger partial charge on any atom is -0.480 e. The molecule has 0 spiro atoms. The molecule has 0 aliphatic rings. The summed E-state index contributed by atoms with van der Waals surface area (Å²) in [7, 11) is 1.25. The second kappa shape index (κ2) is 7.32. The third kappa shape index (κ3) is 5.64. The predicted molar refractivity (Wildman–Crippen MR) is 69.1 cm³/mol. The lowest BCUT2D eigenvalue weighted by Crippen LogP contribution is -2.44. The third-order valence-corrected chi connectivity index (χ3v) is 3.10. The molecule has 0 heterocycles. The molecule has 1 atom stereocenters. The van der Waals surface area contributed by atoms with Gasteiger partial charge < -0.3 is 15.2 Å². The van der Waals surface area contributed by atoms with Crippen LogP contribution in [0, 0.1) is 0 Å². The van der Waals surface area contributed by atoms with E-state index in [1.807, 2.05) is 0 Å². The number of carbonyl (C=O) groups excluding carboxylic acids is 1. The smallest absolute Gasteiger partial charge is 0.446 e. The summed E-state index contributed by atoms with van der Waals surface area (Å²) < 4.78 is 41.9. The number of alkyl halides is 3. The maximum atomic E-state index is 12.4. The first-order chi connectivity index (χ1) is 9.74. The molecule has 0 bridgehead atoms. The minimum absolute atomic E-state index is 0.248. The Labute approximate surface area is 122 Å². The van der Waals surface area contributed by atoms with Crippen molar-refractivity contribution in [1.29, 1.82) is 0 Å². The number of rotatable bonds is 6. The number of hydrogen-bond acceptors (Lipinski definition) is 4. The highest BCUT2D eigenvalue weighted by Crippen LogP contribution is 2.38. The second-order valence-corrected chi connectivity index (χ2v) is 4.97. The lowest BCUT2D eigenvalue weighted by Gasteiger charge is -2.15. The van der Waals surface area contributed by atoms with Crippen LogP contribution in [0.1, 0.15) is 10.4 Å². The number of carboxylic acid groups (broad SMARTS) is 1. The highest BCUT2D eigenvalue weighted by atomic mass is 32.2. The Balaban J connectivity index is 2.94. The van der Waals surface area contributed by atoms with Gasteiger partial charge in [0.1, 0.15) is 0 Å². The summed E-state index contributed by atoms with van der Waals surface area (Å²) in [4.78, 5) is 22.5. The van der Waals surface area contributed by atoms with Crippen LogP contribution in [0.3, 0.4) is 0 Å². The molecule has 116 valence electrons. The van der Waals surface area contributed by atoms with E-state index in [4.69, 9.17) is 5.11 Å². The fourth-order valence-corrected chi connectivity index (χ4v) is 2.11. The molecule has 1 rings (SSSR count). The molecule has 0 saturated carbocycles. The Morgan fingerprint density at radius 2 is 2.00 bits per heavy atom. The predicted octanol–water partition coefficient (Wildman–Crippen LogP) is 2.13. The topological polar surface area (TPSA) is 75.6 Å². The number of carbonyl (C=O) groups is 2. The molecule has 0 fully saturated rings. The summed E-state index contributed by atoms with van der Waals surface area (Å²) in [6.07, 6.45) is 0.